The second kappa shape index (κ2) is 8.18. The molecular weight excluding hydrogens is 184 g/mol. The van der Waals surface area contributed by atoms with Crippen LogP contribution in [0.25, 0.3) is 0 Å². The van der Waals surface area contributed by atoms with Gasteiger partial charge in [-0.3, -0.25) is 5.41 Å². The number of hydrogen-bond acceptors (Lipinski definition) is 5. The van der Waals surface area contributed by atoms with E-state index < -0.39 is 0 Å². The smallest absolute Gasteiger partial charge is 0.122 e. The highest BCUT2D eigenvalue weighted by atomic mass is 16.5. The fourth-order valence-electron chi connectivity index (χ4n) is 0.749. The third-order valence-electron chi connectivity index (χ3n) is 1.45. The van der Waals surface area contributed by atoms with Crippen LogP contribution in [0.3, 0.4) is 0 Å². The van der Waals surface area contributed by atoms with Crippen molar-refractivity contribution >= 4 is 5.84 Å². The van der Waals surface area contributed by atoms with Crippen LogP contribution < -0.4 is 11.1 Å². The molecule has 0 unspecified atom stereocenters. The van der Waals surface area contributed by atoms with Gasteiger partial charge in [0.15, 0.2) is 0 Å². The first-order valence-corrected chi connectivity index (χ1v) is 4.36. The van der Waals surface area contributed by atoms with Gasteiger partial charge in [-0.1, -0.05) is 5.18 Å². The fourth-order valence-corrected chi connectivity index (χ4v) is 0.749. The lowest BCUT2D eigenvalue weighted by Crippen LogP contribution is -2.20. The van der Waals surface area contributed by atoms with E-state index >= 15 is 0 Å². The summed E-state index contributed by atoms with van der Waals surface area (Å²) in [5.41, 5.74) is 5.59. The predicted octanol–water partition coefficient (Wildman–Crippen LogP) is 0.199. The van der Waals surface area contributed by atoms with Gasteiger partial charge in [0.1, 0.15) is 12.4 Å². The molecule has 0 aliphatic heterocycles. The van der Waals surface area contributed by atoms with Crippen molar-refractivity contribution in [3.8, 4) is 0 Å². The Morgan fingerprint density at radius 3 is 2.93 bits per heavy atom. The molecule has 0 aromatic rings. The van der Waals surface area contributed by atoms with Crippen molar-refractivity contribution in [3.63, 3.8) is 0 Å². The number of nitroso groups, excluding NO2 is 1. The van der Waals surface area contributed by atoms with Crippen LogP contribution in [-0.4, -0.2) is 32.1 Å². The third kappa shape index (κ3) is 6.13. The van der Waals surface area contributed by atoms with E-state index in [0.29, 0.717) is 25.3 Å². The molecule has 0 atom stereocenters. The maximum atomic E-state index is 9.96. The third-order valence-corrected chi connectivity index (χ3v) is 1.45. The summed E-state index contributed by atoms with van der Waals surface area (Å²) in [4.78, 5) is 9.96. The minimum Gasteiger partial charge on any atom is -0.388 e. The van der Waals surface area contributed by atoms with Gasteiger partial charge >= 0.3 is 0 Å². The Morgan fingerprint density at radius 2 is 2.43 bits per heavy atom. The lowest BCUT2D eigenvalue weighted by molar-refractivity contribution is 0.151. The number of rotatable bonds is 8. The number of nitrogens with one attached hydrogen (secondary N) is 2. The van der Waals surface area contributed by atoms with Crippen molar-refractivity contribution in [2.75, 3.05) is 26.3 Å². The lowest BCUT2D eigenvalue weighted by atomic mass is 10.3. The molecule has 0 saturated carbocycles. The molecule has 0 aliphatic rings. The number of nitrogens with zero attached hydrogens (tertiary/aromatic N) is 1. The average molecular weight is 200 g/mol. The molecule has 80 valence electrons. The molecule has 6 nitrogen and oxygen atoms in total. The molecule has 0 amide bonds. The van der Waals surface area contributed by atoms with Crippen LogP contribution in [0.15, 0.2) is 16.9 Å². The van der Waals surface area contributed by atoms with Crippen molar-refractivity contribution in [2.45, 2.75) is 6.92 Å². The van der Waals surface area contributed by atoms with E-state index in [1.807, 2.05) is 6.92 Å². The Hall–Kier alpha value is -1.43. The molecule has 0 heterocycles. The van der Waals surface area contributed by atoms with Crippen molar-refractivity contribution in [2.24, 2.45) is 10.9 Å². The van der Waals surface area contributed by atoms with Crippen molar-refractivity contribution in [1.82, 2.24) is 5.32 Å². The van der Waals surface area contributed by atoms with Crippen LogP contribution in [-0.2, 0) is 4.74 Å². The van der Waals surface area contributed by atoms with Gasteiger partial charge in [-0.25, -0.2) is 0 Å². The fraction of sp³-hybridized carbons (Fsp3) is 0.625. The summed E-state index contributed by atoms with van der Waals surface area (Å²) in [6, 6.07) is 0. The largest absolute Gasteiger partial charge is 0.388 e. The lowest BCUT2D eigenvalue weighted by Gasteiger charge is -2.03. The normalized spacial score (nSPS) is 11.1. The highest BCUT2D eigenvalue weighted by Crippen LogP contribution is 1.91. The molecule has 0 aliphatic carbocycles. The molecule has 0 aromatic carbocycles. The minimum atomic E-state index is -0.145. The zero-order valence-electron chi connectivity index (χ0n) is 8.25. The van der Waals surface area contributed by atoms with Gasteiger partial charge in [0.2, 0.25) is 0 Å². The van der Waals surface area contributed by atoms with Crippen LogP contribution in [0.4, 0.5) is 0 Å². The maximum absolute atomic E-state index is 9.96. The van der Waals surface area contributed by atoms with Crippen LogP contribution >= 0.6 is 0 Å². The predicted molar refractivity (Wildman–Crippen MR) is 55.2 cm³/mol. The zero-order valence-corrected chi connectivity index (χ0v) is 8.25. The van der Waals surface area contributed by atoms with E-state index in [2.05, 4.69) is 10.5 Å². The molecule has 0 rings (SSSR count). The van der Waals surface area contributed by atoms with Crippen molar-refractivity contribution in [3.05, 3.63) is 16.7 Å². The second-order valence-corrected chi connectivity index (χ2v) is 2.52. The molecule has 0 aromatic heterocycles. The molecule has 0 fully saturated rings. The molecule has 4 N–H and O–H groups in total. The van der Waals surface area contributed by atoms with Crippen LogP contribution in [0.1, 0.15) is 6.92 Å². The van der Waals surface area contributed by atoms with E-state index in [0.717, 1.165) is 0 Å². The first-order valence-electron chi connectivity index (χ1n) is 4.36. The molecule has 14 heavy (non-hydrogen) atoms. The van der Waals surface area contributed by atoms with Crippen molar-refractivity contribution < 1.29 is 4.74 Å². The molecular formula is C8H16N4O2. The van der Waals surface area contributed by atoms with Crippen LogP contribution in [0.2, 0.25) is 0 Å². The van der Waals surface area contributed by atoms with Gasteiger partial charge in [-0.2, -0.15) is 4.91 Å². The number of ether oxygens (including phenoxy) is 1. The van der Waals surface area contributed by atoms with E-state index in [-0.39, 0.29) is 12.4 Å². The van der Waals surface area contributed by atoms with Gasteiger partial charge < -0.3 is 15.8 Å². The van der Waals surface area contributed by atoms with E-state index in [1.165, 1.54) is 6.20 Å². The molecule has 0 saturated heterocycles. The van der Waals surface area contributed by atoms with Crippen LogP contribution in [0, 0.1) is 10.3 Å². The van der Waals surface area contributed by atoms with Gasteiger partial charge in [-0.15, -0.1) is 0 Å². The zero-order chi connectivity index (χ0) is 10.8. The topological polar surface area (TPSA) is 101 Å². The number of nitrogens with two attached hydrogens (primary N) is 1. The summed E-state index contributed by atoms with van der Waals surface area (Å²) >= 11 is 0. The number of hydrogen-bond donors (Lipinski definition) is 3. The van der Waals surface area contributed by atoms with E-state index in [9.17, 15) is 4.91 Å². The average Bonchev–Trinajstić information content (AvgIpc) is 2.15. The summed E-state index contributed by atoms with van der Waals surface area (Å²) in [5, 5.41) is 12.7. The number of amidine groups is 1. The monoisotopic (exact) mass is 200 g/mol. The summed E-state index contributed by atoms with van der Waals surface area (Å²) in [6.07, 6.45) is 1.52. The maximum Gasteiger partial charge on any atom is 0.122 e. The standard InChI is InChI=1S/C8H16N4O2/c1-2-14-4-3-11-5-7(6-12-13)8(9)10/h5,11H,2-4,6H2,1H3,(H3,9,10)/b7-5-. The first kappa shape index (κ1) is 12.6. The summed E-state index contributed by atoms with van der Waals surface area (Å²) < 4.78 is 5.07. The van der Waals surface area contributed by atoms with E-state index in [1.54, 1.807) is 0 Å². The van der Waals surface area contributed by atoms with Crippen LogP contribution in [0.5, 0.6) is 0 Å². The van der Waals surface area contributed by atoms with Crippen molar-refractivity contribution in [1.29, 1.82) is 5.41 Å². The summed E-state index contributed by atoms with van der Waals surface area (Å²) in [7, 11) is 0. The molecule has 6 heteroatoms. The Kier molecular flexibility index (Phi) is 7.35. The molecule has 0 spiro atoms. The Morgan fingerprint density at radius 1 is 1.71 bits per heavy atom. The van der Waals surface area contributed by atoms with E-state index in [4.69, 9.17) is 15.9 Å². The summed E-state index contributed by atoms with van der Waals surface area (Å²) in [6.45, 7) is 3.68. The first-order chi connectivity index (χ1) is 6.72. The molecule has 0 radical (unpaired) electrons. The SMILES string of the molecule is CCOCCN/C=C(/CN=O)C(=N)N. The Balaban J connectivity index is 3.79. The quantitative estimate of drug-likeness (QED) is 0.225. The Labute approximate surface area is 83.0 Å². The highest BCUT2D eigenvalue weighted by molar-refractivity contribution is 5.94. The van der Waals surface area contributed by atoms with Gasteiger partial charge in [0, 0.05) is 24.9 Å². The minimum absolute atomic E-state index is 0.0863. The van der Waals surface area contributed by atoms with Gasteiger partial charge in [0.25, 0.3) is 0 Å². The Bertz CT molecular complexity index is 215. The van der Waals surface area contributed by atoms with Gasteiger partial charge in [0.05, 0.1) is 6.61 Å². The molecule has 0 bridgehead atoms. The van der Waals surface area contributed by atoms with Gasteiger partial charge in [-0.05, 0) is 6.92 Å². The highest BCUT2D eigenvalue weighted by Gasteiger charge is 1.99. The second-order valence-electron chi connectivity index (χ2n) is 2.52. The summed E-state index contributed by atoms with van der Waals surface area (Å²) in [5.74, 6) is -0.145.